The number of pyridine rings is 3. The Kier molecular flexibility index (Phi) is 26.8. The highest BCUT2D eigenvalue weighted by molar-refractivity contribution is 5.47. The van der Waals surface area contributed by atoms with Gasteiger partial charge < -0.3 is 39.6 Å². The van der Waals surface area contributed by atoms with Gasteiger partial charge in [-0.15, -0.1) is 0 Å². The fourth-order valence-corrected chi connectivity index (χ4v) is 17.7. The topological polar surface area (TPSA) is 158 Å². The number of aliphatic hydroxyl groups excluding tert-OH is 3. The third kappa shape index (κ3) is 19.7. The van der Waals surface area contributed by atoms with Gasteiger partial charge >= 0.3 is 0 Å². The van der Waals surface area contributed by atoms with Gasteiger partial charge in [0.1, 0.15) is 23.1 Å². The number of likely N-dealkylation sites (tertiary alicyclic amines) is 3. The van der Waals surface area contributed by atoms with E-state index in [1.807, 2.05) is 0 Å². The van der Waals surface area contributed by atoms with E-state index in [0.29, 0.717) is 17.8 Å². The van der Waals surface area contributed by atoms with E-state index >= 15 is 0 Å². The molecular weight excluding hydrogens is 1280 g/mol. The summed E-state index contributed by atoms with van der Waals surface area (Å²) in [5.74, 6) is 3.48. The molecule has 4 N–H and O–H groups in total. The number of nitrogens with zero attached hydrogens (tertiary/aromatic N) is 6. The monoisotopic (exact) mass is 1400 g/mol. The summed E-state index contributed by atoms with van der Waals surface area (Å²) in [4.78, 5) is 21.7. The van der Waals surface area contributed by atoms with Crippen LogP contribution in [0.25, 0.3) is 0 Å². The highest BCUT2D eigenvalue weighted by atomic mass is 16.5. The van der Waals surface area contributed by atoms with Crippen molar-refractivity contribution in [2.75, 3.05) is 78.1 Å². The standard InChI is InChI=1S/2C30H40N2O2.C29H39N3O3/c2*1-22(33)30(28-14-4-3-13-27(28)23-10-8-11-23)32-19-18-26(21-32)34-20-7-6-12-25-17-16-24-9-2-5-15-29(24)31-25;1-20(33)28(25-11-4-3-10-24(25)26-18-27(26)34-2)32-16-14-23(19-32)35-17-6-5-9-22-13-12-21-8-7-15-30-29(21)31-22/h2*3-4,13-14,16-17,23,26,30,33H,1-2,5-12,15,18-21H2;3-4,10-13,23,26-28,33H,1,5-9,14-19H2,2H3,(H,30,31)/t26-,30?;26-,30+;23-,26?,27-,28?/m111/s1. The maximum absolute atomic E-state index is 10.6. The predicted molar refractivity (Wildman–Crippen MR) is 414 cm³/mol. The number of fused-ring (bicyclic) bond motifs is 3. The fraction of sp³-hybridized carbons (Fsp3) is 0.562. The summed E-state index contributed by atoms with van der Waals surface area (Å²) in [5.41, 5.74) is 18.3. The first-order valence-electron chi connectivity index (χ1n) is 40.2. The molecule has 552 valence electrons. The number of nitrogens with one attached hydrogen (secondary N) is 1. The van der Waals surface area contributed by atoms with Crippen molar-refractivity contribution < 1.29 is 34.3 Å². The summed E-state index contributed by atoms with van der Waals surface area (Å²) in [6.07, 6.45) is 34.4. The van der Waals surface area contributed by atoms with Crippen LogP contribution in [0.5, 0.6) is 0 Å². The third-order valence-electron chi connectivity index (χ3n) is 23.9. The predicted octanol–water partition coefficient (Wildman–Crippen LogP) is 18.1. The van der Waals surface area contributed by atoms with Gasteiger partial charge in [0.25, 0.3) is 0 Å². The molecule has 5 aliphatic carbocycles. The molecule has 6 fully saturated rings. The van der Waals surface area contributed by atoms with Gasteiger partial charge in [-0.05, 0) is 253 Å². The Morgan fingerprint density at radius 2 is 0.835 bits per heavy atom. The van der Waals surface area contributed by atoms with Crippen LogP contribution in [-0.4, -0.2) is 142 Å². The van der Waals surface area contributed by atoms with E-state index in [-0.39, 0.29) is 59.8 Å². The molecule has 103 heavy (non-hydrogen) atoms. The van der Waals surface area contributed by atoms with Crippen molar-refractivity contribution in [3.05, 3.63) is 225 Å². The molecule has 8 atom stereocenters. The van der Waals surface area contributed by atoms with Crippen LogP contribution in [0.3, 0.4) is 0 Å². The molecule has 15 rings (SSSR count). The molecule has 3 saturated heterocycles. The Balaban J connectivity index is 0.000000138. The molecule has 3 saturated carbocycles. The zero-order valence-corrected chi connectivity index (χ0v) is 62.0. The summed E-state index contributed by atoms with van der Waals surface area (Å²) in [6.45, 7) is 20.5. The molecule has 7 heterocycles. The van der Waals surface area contributed by atoms with Crippen LogP contribution in [0.1, 0.15) is 249 Å². The number of aromatic nitrogens is 3. The smallest absolute Gasteiger partial charge is 0.129 e. The van der Waals surface area contributed by atoms with E-state index in [1.165, 1.54) is 156 Å². The van der Waals surface area contributed by atoms with Crippen molar-refractivity contribution in [3.63, 3.8) is 0 Å². The number of benzene rings is 3. The second kappa shape index (κ2) is 37.0. The van der Waals surface area contributed by atoms with Crippen molar-refractivity contribution in [2.24, 2.45) is 0 Å². The van der Waals surface area contributed by atoms with E-state index in [2.05, 4.69) is 149 Å². The average Bonchev–Trinajstić information content (AvgIpc) is 1.78. The SMILES string of the molecule is C=C(O)C(c1ccccc1C1CCC1)N1CC[C@@H](OCCCCc2ccc3c(n2)CCCC3)C1.C=C(O)C(c1ccccc1C1C[C@H]1OC)N1CC[C@@H](OCCCCc2ccc3c(n2)NCCC3)C1.C=C(O)[C@@H](c1ccccc1C1CCC1)N1CC[C@@H](OCCCCc2ccc3c(n2)CCCC3)C1. The zero-order valence-electron chi connectivity index (χ0n) is 62.0. The van der Waals surface area contributed by atoms with Crippen molar-refractivity contribution in [1.29, 1.82) is 0 Å². The van der Waals surface area contributed by atoms with E-state index in [1.54, 1.807) is 7.11 Å². The van der Waals surface area contributed by atoms with Crippen molar-refractivity contribution in [3.8, 4) is 0 Å². The Morgan fingerprint density at radius 1 is 0.447 bits per heavy atom. The summed E-state index contributed by atoms with van der Waals surface area (Å²) < 4.78 is 24.3. The summed E-state index contributed by atoms with van der Waals surface area (Å²) in [7, 11) is 1.78. The third-order valence-corrected chi connectivity index (χ3v) is 23.9. The molecule has 14 heteroatoms. The van der Waals surface area contributed by atoms with Gasteiger partial charge in [-0.25, -0.2) is 4.98 Å². The average molecular weight is 1400 g/mol. The van der Waals surface area contributed by atoms with Crippen LogP contribution in [0.15, 0.2) is 146 Å². The maximum Gasteiger partial charge on any atom is 0.129 e. The van der Waals surface area contributed by atoms with Gasteiger partial charge in [0, 0.05) is 107 Å². The number of unbranched alkanes of at least 4 members (excludes halogenated alkanes) is 3. The Labute approximate surface area is 615 Å². The number of rotatable bonds is 31. The van der Waals surface area contributed by atoms with Gasteiger partial charge in [-0.1, -0.05) is 124 Å². The largest absolute Gasteiger partial charge is 0.511 e. The number of anilines is 1. The molecule has 9 aliphatic rings. The normalized spacial score (nSPS) is 22.7. The molecule has 14 nitrogen and oxygen atoms in total. The summed E-state index contributed by atoms with van der Waals surface area (Å²) in [5, 5.41) is 35.1. The number of methoxy groups -OCH3 is 1. The van der Waals surface area contributed by atoms with Crippen LogP contribution >= 0.6 is 0 Å². The van der Waals surface area contributed by atoms with Crippen molar-refractivity contribution in [2.45, 2.75) is 246 Å². The lowest BCUT2D eigenvalue weighted by molar-refractivity contribution is 0.0522. The molecule has 3 aromatic heterocycles. The lowest BCUT2D eigenvalue weighted by Crippen LogP contribution is -2.30. The molecule has 0 bridgehead atoms. The number of aliphatic hydroxyl groups is 3. The number of hydrogen-bond acceptors (Lipinski definition) is 14. The molecule has 0 radical (unpaired) electrons. The van der Waals surface area contributed by atoms with Gasteiger partial charge in [0.05, 0.1) is 42.5 Å². The molecule has 4 aliphatic heterocycles. The highest BCUT2D eigenvalue weighted by Crippen LogP contribution is 2.48. The molecular formula is C89H119N7O7. The van der Waals surface area contributed by atoms with Crippen LogP contribution in [0, 0.1) is 0 Å². The molecule has 0 amide bonds. The minimum atomic E-state index is -0.193. The van der Waals surface area contributed by atoms with Crippen LogP contribution in [0.4, 0.5) is 5.82 Å². The van der Waals surface area contributed by atoms with E-state index in [0.717, 1.165) is 180 Å². The van der Waals surface area contributed by atoms with Gasteiger partial charge in [0.2, 0.25) is 0 Å². The minimum absolute atomic E-state index is 0.125. The Bertz CT molecular complexity index is 3600. The second-order valence-corrected chi connectivity index (χ2v) is 31.2. The van der Waals surface area contributed by atoms with E-state index in [4.69, 9.17) is 33.9 Å². The van der Waals surface area contributed by atoms with Crippen LogP contribution < -0.4 is 5.32 Å². The number of aryl methyl sites for hydroxylation is 8. The Morgan fingerprint density at radius 3 is 1.24 bits per heavy atom. The zero-order chi connectivity index (χ0) is 70.9. The van der Waals surface area contributed by atoms with Crippen molar-refractivity contribution >= 4 is 5.82 Å². The quantitative estimate of drug-likeness (QED) is 0.0241. The lowest BCUT2D eigenvalue weighted by Gasteiger charge is -2.33. The number of hydrogen-bond donors (Lipinski definition) is 4. The lowest BCUT2D eigenvalue weighted by atomic mass is 9.77. The Hall–Kier alpha value is -6.75. The van der Waals surface area contributed by atoms with Gasteiger partial charge in [-0.2, -0.15) is 0 Å². The molecule has 3 unspecified atom stereocenters. The first-order chi connectivity index (χ1) is 50.5. The summed E-state index contributed by atoms with van der Waals surface area (Å²) in [6, 6.07) is 38.8. The van der Waals surface area contributed by atoms with Crippen LogP contribution in [-0.2, 0) is 70.3 Å². The minimum Gasteiger partial charge on any atom is -0.511 e. The van der Waals surface area contributed by atoms with E-state index < -0.39 is 0 Å². The second-order valence-electron chi connectivity index (χ2n) is 31.2. The van der Waals surface area contributed by atoms with Gasteiger partial charge in [0.15, 0.2) is 0 Å². The molecule has 0 spiro atoms. The first kappa shape index (κ1) is 74.5. The van der Waals surface area contributed by atoms with Crippen molar-refractivity contribution in [1.82, 2.24) is 29.7 Å². The highest BCUT2D eigenvalue weighted by Gasteiger charge is 2.43. The van der Waals surface area contributed by atoms with E-state index in [9.17, 15) is 15.3 Å². The summed E-state index contributed by atoms with van der Waals surface area (Å²) >= 11 is 0. The number of ether oxygens (including phenoxy) is 4. The van der Waals surface area contributed by atoms with Gasteiger partial charge in [-0.3, -0.25) is 24.7 Å². The first-order valence-corrected chi connectivity index (χ1v) is 40.2. The maximum atomic E-state index is 10.6. The van der Waals surface area contributed by atoms with Crippen LogP contribution in [0.2, 0.25) is 0 Å². The molecule has 3 aromatic carbocycles. The molecule has 6 aromatic rings. The fourth-order valence-electron chi connectivity index (χ4n) is 17.7.